The monoisotopic (exact) mass is 163 g/mol. The lowest BCUT2D eigenvalue weighted by molar-refractivity contribution is 0.112. The molecule has 0 aliphatic rings. The van der Waals surface area contributed by atoms with E-state index in [-0.39, 0.29) is 11.5 Å². The molecule has 0 amide bonds. The molecular weight excluding hydrogens is 154 g/mol. The normalized spacial score (nSPS) is 9.33. The molecule has 12 heavy (non-hydrogen) atoms. The molecule has 4 nitrogen and oxygen atoms in total. The lowest BCUT2D eigenvalue weighted by Crippen LogP contribution is -2.14. The molecular formula is C8H9N3O. The lowest BCUT2D eigenvalue weighted by atomic mass is 10.1. The van der Waals surface area contributed by atoms with E-state index in [9.17, 15) is 4.79 Å². The van der Waals surface area contributed by atoms with Crippen molar-refractivity contribution >= 4 is 17.8 Å². The van der Waals surface area contributed by atoms with Crippen molar-refractivity contribution in [2.45, 2.75) is 0 Å². The van der Waals surface area contributed by atoms with E-state index in [1.807, 2.05) is 0 Å². The fourth-order valence-corrected chi connectivity index (χ4v) is 0.921. The summed E-state index contributed by atoms with van der Waals surface area (Å²) in [4.78, 5) is 10.4. The summed E-state index contributed by atoms with van der Waals surface area (Å²) >= 11 is 0. The van der Waals surface area contributed by atoms with Gasteiger partial charge in [0, 0.05) is 11.1 Å². The molecule has 0 saturated heterocycles. The van der Waals surface area contributed by atoms with E-state index in [1.54, 1.807) is 18.2 Å². The molecule has 62 valence electrons. The summed E-state index contributed by atoms with van der Waals surface area (Å²) < 4.78 is 0. The molecule has 0 atom stereocenters. The lowest BCUT2D eigenvalue weighted by Gasteiger charge is -2.04. The summed E-state index contributed by atoms with van der Waals surface area (Å²) in [5.41, 5.74) is 11.8. The van der Waals surface area contributed by atoms with Crippen molar-refractivity contribution in [2.75, 3.05) is 5.73 Å². The van der Waals surface area contributed by atoms with Gasteiger partial charge in [-0.15, -0.1) is 0 Å². The standard InChI is InChI=1S/C8H9N3O/c9-7-5(4-12)2-1-3-6(7)8(10)11/h1-4H,9H2,(H3,10,11). The largest absolute Gasteiger partial charge is 0.398 e. The molecule has 0 aliphatic carbocycles. The van der Waals surface area contributed by atoms with E-state index < -0.39 is 0 Å². The second kappa shape index (κ2) is 3.04. The highest BCUT2D eigenvalue weighted by Gasteiger charge is 2.05. The number of carbonyl (C=O) groups excluding carboxylic acids is 1. The highest BCUT2D eigenvalue weighted by Crippen LogP contribution is 2.14. The SMILES string of the molecule is N=C(N)c1cccc(C=O)c1N. The minimum atomic E-state index is -0.129. The molecule has 0 aliphatic heterocycles. The van der Waals surface area contributed by atoms with Gasteiger partial charge in [0.15, 0.2) is 6.29 Å². The van der Waals surface area contributed by atoms with Crippen LogP contribution in [0.15, 0.2) is 18.2 Å². The van der Waals surface area contributed by atoms with Crippen LogP contribution in [0.4, 0.5) is 5.69 Å². The molecule has 0 heterocycles. The molecule has 0 spiro atoms. The van der Waals surface area contributed by atoms with Gasteiger partial charge in [-0.25, -0.2) is 0 Å². The first-order chi connectivity index (χ1) is 5.66. The van der Waals surface area contributed by atoms with E-state index >= 15 is 0 Å². The van der Waals surface area contributed by atoms with E-state index in [2.05, 4.69) is 0 Å². The Balaban J connectivity index is 3.32. The number of benzene rings is 1. The van der Waals surface area contributed by atoms with Crippen molar-refractivity contribution < 1.29 is 4.79 Å². The number of hydrogen-bond donors (Lipinski definition) is 3. The average Bonchev–Trinajstić information content (AvgIpc) is 2.04. The molecule has 0 radical (unpaired) electrons. The van der Waals surface area contributed by atoms with Gasteiger partial charge in [-0.1, -0.05) is 6.07 Å². The van der Waals surface area contributed by atoms with E-state index in [0.29, 0.717) is 17.4 Å². The van der Waals surface area contributed by atoms with Crippen LogP contribution in [0.3, 0.4) is 0 Å². The second-order valence-electron chi connectivity index (χ2n) is 2.34. The number of nitrogens with one attached hydrogen (secondary N) is 1. The van der Waals surface area contributed by atoms with Gasteiger partial charge < -0.3 is 11.5 Å². The fraction of sp³-hybridized carbons (Fsp3) is 0. The summed E-state index contributed by atoms with van der Waals surface area (Å²) in [6.45, 7) is 0. The summed E-state index contributed by atoms with van der Waals surface area (Å²) in [6, 6.07) is 4.82. The van der Waals surface area contributed by atoms with Crippen LogP contribution >= 0.6 is 0 Å². The van der Waals surface area contributed by atoms with Crippen LogP contribution in [0.2, 0.25) is 0 Å². The second-order valence-corrected chi connectivity index (χ2v) is 2.34. The molecule has 0 aromatic heterocycles. The van der Waals surface area contributed by atoms with Gasteiger partial charge in [-0.2, -0.15) is 0 Å². The number of aldehydes is 1. The fourth-order valence-electron chi connectivity index (χ4n) is 0.921. The van der Waals surface area contributed by atoms with Crippen molar-refractivity contribution in [3.8, 4) is 0 Å². The minimum absolute atomic E-state index is 0.129. The Morgan fingerprint density at radius 1 is 1.50 bits per heavy atom. The third kappa shape index (κ3) is 1.27. The van der Waals surface area contributed by atoms with Crippen LogP contribution < -0.4 is 11.5 Å². The first-order valence-electron chi connectivity index (χ1n) is 3.35. The van der Waals surface area contributed by atoms with Gasteiger partial charge in [-0.3, -0.25) is 10.2 Å². The number of amidine groups is 1. The Morgan fingerprint density at radius 2 is 2.17 bits per heavy atom. The van der Waals surface area contributed by atoms with E-state index in [0.717, 1.165) is 0 Å². The van der Waals surface area contributed by atoms with Crippen molar-refractivity contribution in [2.24, 2.45) is 5.73 Å². The molecule has 4 heteroatoms. The number of nitrogen functional groups attached to an aromatic ring is 2. The van der Waals surface area contributed by atoms with Crippen LogP contribution in [0.25, 0.3) is 0 Å². The Morgan fingerprint density at radius 3 is 2.67 bits per heavy atom. The number of carbonyl (C=O) groups is 1. The molecule has 0 unspecified atom stereocenters. The molecule has 0 saturated carbocycles. The highest BCUT2D eigenvalue weighted by atomic mass is 16.1. The zero-order valence-electron chi connectivity index (χ0n) is 6.37. The van der Waals surface area contributed by atoms with Crippen molar-refractivity contribution in [1.82, 2.24) is 0 Å². The summed E-state index contributed by atoms with van der Waals surface area (Å²) in [6.07, 6.45) is 0.641. The molecule has 1 aromatic carbocycles. The number of hydrogen-bond acceptors (Lipinski definition) is 3. The minimum Gasteiger partial charge on any atom is -0.398 e. The van der Waals surface area contributed by atoms with Crippen LogP contribution in [-0.2, 0) is 0 Å². The molecule has 0 bridgehead atoms. The molecule has 1 aromatic rings. The first kappa shape index (κ1) is 8.26. The zero-order valence-corrected chi connectivity index (χ0v) is 6.37. The van der Waals surface area contributed by atoms with Crippen LogP contribution in [0.5, 0.6) is 0 Å². The maximum atomic E-state index is 10.4. The topological polar surface area (TPSA) is 93.0 Å². The van der Waals surface area contributed by atoms with Gasteiger partial charge in [0.25, 0.3) is 0 Å². The van der Waals surface area contributed by atoms with Crippen molar-refractivity contribution in [1.29, 1.82) is 5.41 Å². The quantitative estimate of drug-likeness (QED) is 0.254. The number of rotatable bonds is 2. The number of nitrogens with two attached hydrogens (primary N) is 2. The van der Waals surface area contributed by atoms with E-state index in [1.165, 1.54) is 0 Å². The smallest absolute Gasteiger partial charge is 0.152 e. The van der Waals surface area contributed by atoms with Crippen molar-refractivity contribution in [3.05, 3.63) is 29.3 Å². The predicted octanol–water partition coefficient (Wildman–Crippen LogP) is 0.365. The van der Waals surface area contributed by atoms with Crippen molar-refractivity contribution in [3.63, 3.8) is 0 Å². The summed E-state index contributed by atoms with van der Waals surface area (Å²) in [5.74, 6) is -0.129. The maximum Gasteiger partial charge on any atom is 0.152 e. The average molecular weight is 163 g/mol. The Bertz CT molecular complexity index is 333. The molecule has 0 fully saturated rings. The Labute approximate surface area is 69.7 Å². The van der Waals surface area contributed by atoms with Crippen LogP contribution in [0, 0.1) is 5.41 Å². The predicted molar refractivity (Wildman–Crippen MR) is 47.3 cm³/mol. The number of anilines is 1. The van der Waals surface area contributed by atoms with Crippen LogP contribution in [0.1, 0.15) is 15.9 Å². The van der Waals surface area contributed by atoms with Gasteiger partial charge in [0.1, 0.15) is 5.84 Å². The zero-order chi connectivity index (χ0) is 9.14. The molecule has 1 rings (SSSR count). The first-order valence-corrected chi connectivity index (χ1v) is 3.35. The van der Waals surface area contributed by atoms with E-state index in [4.69, 9.17) is 16.9 Å². The van der Waals surface area contributed by atoms with Gasteiger partial charge in [-0.05, 0) is 12.1 Å². The highest BCUT2D eigenvalue weighted by molar-refractivity contribution is 6.03. The third-order valence-electron chi connectivity index (χ3n) is 1.56. The summed E-state index contributed by atoms with van der Waals surface area (Å²) in [7, 11) is 0. The Kier molecular flexibility index (Phi) is 2.09. The van der Waals surface area contributed by atoms with Crippen LogP contribution in [-0.4, -0.2) is 12.1 Å². The molecule has 5 N–H and O–H groups in total. The maximum absolute atomic E-state index is 10.4. The van der Waals surface area contributed by atoms with Gasteiger partial charge in [0.2, 0.25) is 0 Å². The van der Waals surface area contributed by atoms with Gasteiger partial charge in [0.05, 0.1) is 5.69 Å². The summed E-state index contributed by atoms with van der Waals surface area (Å²) in [5, 5.41) is 7.13. The van der Waals surface area contributed by atoms with Gasteiger partial charge >= 0.3 is 0 Å². The third-order valence-corrected chi connectivity index (χ3v) is 1.56. The number of para-hydroxylation sites is 1. The Hall–Kier alpha value is -1.84.